The van der Waals surface area contributed by atoms with Crippen LogP contribution in [0.5, 0.6) is 0 Å². The van der Waals surface area contributed by atoms with E-state index in [0.29, 0.717) is 6.04 Å². The molecule has 1 atom stereocenters. The fourth-order valence-corrected chi connectivity index (χ4v) is 3.17. The number of unbranched alkanes of at least 4 members (excludes halogenated alkanes) is 4. The van der Waals surface area contributed by atoms with Crippen LogP contribution in [-0.2, 0) is 0 Å². The Morgan fingerprint density at radius 2 is 1.94 bits per heavy atom. The number of thiophene rings is 1. The van der Waals surface area contributed by atoms with Crippen LogP contribution in [0.25, 0.3) is 0 Å². The normalized spacial score (nSPS) is 12.9. The summed E-state index contributed by atoms with van der Waals surface area (Å²) in [6.07, 6.45) is 7.77. The van der Waals surface area contributed by atoms with E-state index in [1.807, 2.05) is 11.3 Å². The predicted octanol–water partition coefficient (Wildman–Crippen LogP) is 4.23. The molecule has 0 saturated heterocycles. The molecule has 2 nitrogen and oxygen atoms in total. The Kier molecular flexibility index (Phi) is 6.78. The first-order chi connectivity index (χ1) is 8.19. The van der Waals surface area contributed by atoms with Gasteiger partial charge in [0.1, 0.15) is 0 Å². The van der Waals surface area contributed by atoms with Gasteiger partial charge in [0.05, 0.1) is 6.04 Å². The molecule has 3 heteroatoms. The van der Waals surface area contributed by atoms with E-state index in [1.165, 1.54) is 47.4 Å². The van der Waals surface area contributed by atoms with Crippen LogP contribution in [0.3, 0.4) is 0 Å². The lowest BCUT2D eigenvalue weighted by Crippen LogP contribution is -2.27. The highest BCUT2D eigenvalue weighted by molar-refractivity contribution is 7.12. The Hall–Kier alpha value is -0.380. The zero-order chi connectivity index (χ0) is 12.7. The first-order valence-electron chi connectivity index (χ1n) is 6.72. The van der Waals surface area contributed by atoms with Crippen molar-refractivity contribution in [3.63, 3.8) is 0 Å². The number of aryl methyl sites for hydroxylation is 2. The maximum atomic E-state index is 5.66. The second kappa shape index (κ2) is 7.85. The summed E-state index contributed by atoms with van der Waals surface area (Å²) in [6, 6.07) is 2.62. The van der Waals surface area contributed by atoms with Gasteiger partial charge in [0.25, 0.3) is 0 Å². The van der Waals surface area contributed by atoms with Gasteiger partial charge in [-0.25, -0.2) is 0 Å². The lowest BCUT2D eigenvalue weighted by molar-refractivity contribution is 0.484. The summed E-state index contributed by atoms with van der Waals surface area (Å²) >= 11 is 1.87. The zero-order valence-corrected chi connectivity index (χ0v) is 12.2. The van der Waals surface area contributed by atoms with Crippen molar-refractivity contribution in [1.29, 1.82) is 0 Å². The lowest BCUT2D eigenvalue weighted by atomic mass is 10.1. The Bertz CT molecular complexity index is 301. The number of hydrogen-bond acceptors (Lipinski definition) is 3. The van der Waals surface area contributed by atoms with E-state index in [9.17, 15) is 0 Å². The maximum absolute atomic E-state index is 5.66. The summed E-state index contributed by atoms with van der Waals surface area (Å²) in [6.45, 7) is 6.60. The monoisotopic (exact) mass is 254 g/mol. The molecular weight excluding hydrogens is 228 g/mol. The molecule has 0 amide bonds. The molecule has 0 fully saturated rings. The summed E-state index contributed by atoms with van der Waals surface area (Å²) < 4.78 is 0. The van der Waals surface area contributed by atoms with E-state index in [2.05, 4.69) is 32.3 Å². The van der Waals surface area contributed by atoms with E-state index in [0.717, 1.165) is 6.42 Å². The molecule has 0 aliphatic rings. The molecule has 3 N–H and O–H groups in total. The molecule has 1 heterocycles. The van der Waals surface area contributed by atoms with Crippen molar-refractivity contribution in [3.8, 4) is 0 Å². The maximum Gasteiger partial charge on any atom is 0.0553 e. The molecule has 0 saturated carbocycles. The molecule has 0 aromatic carbocycles. The molecule has 0 spiro atoms. The molecule has 98 valence electrons. The van der Waals surface area contributed by atoms with E-state index in [1.54, 1.807) is 0 Å². The second-order valence-corrected chi connectivity index (χ2v) is 6.10. The summed E-state index contributed by atoms with van der Waals surface area (Å²) in [5.74, 6) is 5.66. The van der Waals surface area contributed by atoms with Crippen LogP contribution in [0.15, 0.2) is 6.07 Å². The highest BCUT2D eigenvalue weighted by Crippen LogP contribution is 2.29. The van der Waals surface area contributed by atoms with Crippen LogP contribution >= 0.6 is 11.3 Å². The largest absolute Gasteiger partial charge is 0.271 e. The van der Waals surface area contributed by atoms with Gasteiger partial charge >= 0.3 is 0 Å². The third-order valence-corrected chi connectivity index (χ3v) is 4.59. The Labute approximate surface area is 110 Å². The molecule has 1 aromatic rings. The molecule has 0 bridgehead atoms. The topological polar surface area (TPSA) is 38.0 Å². The molecule has 0 aliphatic carbocycles. The zero-order valence-electron chi connectivity index (χ0n) is 11.4. The highest BCUT2D eigenvalue weighted by atomic mass is 32.1. The van der Waals surface area contributed by atoms with Crippen LogP contribution in [0.1, 0.15) is 66.8 Å². The van der Waals surface area contributed by atoms with Gasteiger partial charge in [-0.05, 0) is 31.9 Å². The fourth-order valence-electron chi connectivity index (χ4n) is 2.03. The van der Waals surface area contributed by atoms with Gasteiger partial charge in [-0.15, -0.1) is 11.3 Å². The average Bonchev–Trinajstić information content (AvgIpc) is 2.64. The predicted molar refractivity (Wildman–Crippen MR) is 77.2 cm³/mol. The summed E-state index contributed by atoms with van der Waals surface area (Å²) in [5.41, 5.74) is 4.35. The van der Waals surface area contributed by atoms with E-state index >= 15 is 0 Å². The third-order valence-electron chi connectivity index (χ3n) is 3.33. The number of nitrogens with one attached hydrogen (secondary N) is 1. The van der Waals surface area contributed by atoms with E-state index in [-0.39, 0.29) is 0 Å². The standard InChI is InChI=1S/C14H26N2S/c1-4-5-6-7-8-9-13(16-15)14-10-11(2)12(3)17-14/h10,13,16H,4-9,15H2,1-3H3. The van der Waals surface area contributed by atoms with E-state index in [4.69, 9.17) is 5.84 Å². The fraction of sp³-hybridized carbons (Fsp3) is 0.714. The summed E-state index contributed by atoms with van der Waals surface area (Å²) in [7, 11) is 0. The Balaban J connectivity index is 2.38. The van der Waals surface area contributed by atoms with Crippen molar-refractivity contribution >= 4 is 11.3 Å². The quantitative estimate of drug-likeness (QED) is 0.414. The first kappa shape index (κ1) is 14.7. The molecule has 1 unspecified atom stereocenters. The Morgan fingerprint density at radius 3 is 2.47 bits per heavy atom. The van der Waals surface area contributed by atoms with Crippen LogP contribution in [0.4, 0.5) is 0 Å². The van der Waals surface area contributed by atoms with Crippen molar-refractivity contribution in [2.24, 2.45) is 5.84 Å². The van der Waals surface area contributed by atoms with Crippen molar-refractivity contribution in [3.05, 3.63) is 21.4 Å². The van der Waals surface area contributed by atoms with E-state index < -0.39 is 0 Å². The van der Waals surface area contributed by atoms with Crippen molar-refractivity contribution in [2.45, 2.75) is 65.3 Å². The SMILES string of the molecule is CCCCCCCC(NN)c1cc(C)c(C)s1. The molecule has 0 radical (unpaired) electrons. The number of nitrogens with two attached hydrogens (primary N) is 1. The molecule has 17 heavy (non-hydrogen) atoms. The summed E-state index contributed by atoms with van der Waals surface area (Å²) in [5, 5.41) is 0. The van der Waals surface area contributed by atoms with Gasteiger partial charge in [0.15, 0.2) is 0 Å². The Morgan fingerprint density at radius 1 is 1.24 bits per heavy atom. The van der Waals surface area contributed by atoms with Crippen molar-refractivity contribution in [2.75, 3.05) is 0 Å². The minimum Gasteiger partial charge on any atom is -0.271 e. The first-order valence-corrected chi connectivity index (χ1v) is 7.53. The average molecular weight is 254 g/mol. The molecule has 1 aromatic heterocycles. The van der Waals surface area contributed by atoms with Gasteiger partial charge in [0.2, 0.25) is 0 Å². The summed E-state index contributed by atoms with van der Waals surface area (Å²) in [4.78, 5) is 2.80. The number of rotatable bonds is 8. The van der Waals surface area contributed by atoms with Crippen molar-refractivity contribution in [1.82, 2.24) is 5.43 Å². The highest BCUT2D eigenvalue weighted by Gasteiger charge is 2.12. The molecule has 1 rings (SSSR count). The van der Waals surface area contributed by atoms with Crippen LogP contribution < -0.4 is 11.3 Å². The molecule has 0 aliphatic heterocycles. The minimum absolute atomic E-state index is 0.342. The van der Waals surface area contributed by atoms with Crippen LogP contribution in [-0.4, -0.2) is 0 Å². The number of hydrogen-bond donors (Lipinski definition) is 2. The van der Waals surface area contributed by atoms with Gasteiger partial charge < -0.3 is 0 Å². The smallest absolute Gasteiger partial charge is 0.0553 e. The van der Waals surface area contributed by atoms with Crippen molar-refractivity contribution < 1.29 is 0 Å². The molecular formula is C14H26N2S. The number of hydrazine groups is 1. The van der Waals surface area contributed by atoms with Gasteiger partial charge in [0, 0.05) is 9.75 Å². The van der Waals surface area contributed by atoms with Gasteiger partial charge in [-0.3, -0.25) is 11.3 Å². The van der Waals surface area contributed by atoms with Crippen LogP contribution in [0.2, 0.25) is 0 Å². The van der Waals surface area contributed by atoms with Crippen LogP contribution in [0, 0.1) is 13.8 Å². The minimum atomic E-state index is 0.342. The van der Waals surface area contributed by atoms with Gasteiger partial charge in [-0.1, -0.05) is 39.0 Å². The second-order valence-electron chi connectivity index (χ2n) is 4.81. The third kappa shape index (κ3) is 4.78. The van der Waals surface area contributed by atoms with Gasteiger partial charge in [-0.2, -0.15) is 0 Å². The lowest BCUT2D eigenvalue weighted by Gasteiger charge is -2.13.